The van der Waals surface area contributed by atoms with Crippen molar-refractivity contribution in [2.75, 3.05) is 18.1 Å². The van der Waals surface area contributed by atoms with Crippen molar-refractivity contribution in [3.8, 4) is 5.69 Å². The zero-order valence-electron chi connectivity index (χ0n) is 8.93. The molecule has 0 radical (unpaired) electrons. The van der Waals surface area contributed by atoms with Gasteiger partial charge in [-0.3, -0.25) is 0 Å². The third-order valence-electron chi connectivity index (χ3n) is 2.52. The first-order valence-electron chi connectivity index (χ1n) is 5.14. The molecule has 4 heteroatoms. The second-order valence-electron chi connectivity index (χ2n) is 3.71. The summed E-state index contributed by atoms with van der Waals surface area (Å²) in [6, 6.07) is 7.57. The number of nitrogens with two attached hydrogens (primary N) is 2. The molecule has 5 N–H and O–H groups in total. The molecule has 2 aromatic rings. The molecule has 0 atom stereocenters. The van der Waals surface area contributed by atoms with Crippen molar-refractivity contribution in [2.24, 2.45) is 0 Å². The van der Waals surface area contributed by atoms with Gasteiger partial charge in [-0.15, -0.1) is 0 Å². The summed E-state index contributed by atoms with van der Waals surface area (Å²) in [6.07, 6.45) is 4.30. The normalized spacial score (nSPS) is 10.6. The Morgan fingerprint density at radius 3 is 2.62 bits per heavy atom. The van der Waals surface area contributed by atoms with E-state index in [9.17, 15) is 0 Å². The van der Waals surface area contributed by atoms with Gasteiger partial charge in [0, 0.05) is 36.1 Å². The van der Waals surface area contributed by atoms with Crippen LogP contribution in [0.4, 0.5) is 11.4 Å². The number of benzene rings is 1. The van der Waals surface area contributed by atoms with Gasteiger partial charge in [-0.25, -0.2) is 0 Å². The average molecular weight is 217 g/mol. The Morgan fingerprint density at radius 2 is 2.00 bits per heavy atom. The van der Waals surface area contributed by atoms with Gasteiger partial charge in [0.1, 0.15) is 0 Å². The smallest absolute Gasteiger partial charge is 0.0497 e. The topological polar surface area (TPSA) is 77.2 Å². The summed E-state index contributed by atoms with van der Waals surface area (Å²) >= 11 is 0. The van der Waals surface area contributed by atoms with E-state index >= 15 is 0 Å². The minimum absolute atomic E-state index is 0.0987. The number of nitrogens with zero attached hydrogens (tertiary/aromatic N) is 1. The standard InChI is InChI=1S/C12H15N3O/c13-10-3-5-15(8-10)11-1-2-12(14)9(7-11)4-6-16/h1-3,5,7-8,16H,4,6,13-14H2. The SMILES string of the molecule is Nc1ccn(-c2ccc(N)c(CCO)c2)c1. The van der Waals surface area contributed by atoms with E-state index < -0.39 is 0 Å². The Morgan fingerprint density at radius 1 is 1.19 bits per heavy atom. The Kier molecular flexibility index (Phi) is 2.83. The highest BCUT2D eigenvalue weighted by atomic mass is 16.2. The van der Waals surface area contributed by atoms with Gasteiger partial charge in [0.2, 0.25) is 0 Å². The number of aliphatic hydroxyl groups is 1. The van der Waals surface area contributed by atoms with Crippen LogP contribution in [0.3, 0.4) is 0 Å². The van der Waals surface area contributed by atoms with Gasteiger partial charge in [0.25, 0.3) is 0 Å². The lowest BCUT2D eigenvalue weighted by molar-refractivity contribution is 0.300. The van der Waals surface area contributed by atoms with Gasteiger partial charge in [-0.2, -0.15) is 0 Å². The summed E-state index contributed by atoms with van der Waals surface area (Å²) in [5.74, 6) is 0. The molecule has 16 heavy (non-hydrogen) atoms. The summed E-state index contributed by atoms with van der Waals surface area (Å²) in [4.78, 5) is 0. The molecule has 0 bridgehead atoms. The number of aliphatic hydroxyl groups excluding tert-OH is 1. The third-order valence-corrected chi connectivity index (χ3v) is 2.52. The zero-order chi connectivity index (χ0) is 11.5. The molecule has 0 aliphatic heterocycles. The molecule has 1 aromatic carbocycles. The molecule has 84 valence electrons. The summed E-state index contributed by atoms with van der Waals surface area (Å²) in [5, 5.41) is 8.93. The molecule has 1 aromatic heterocycles. The van der Waals surface area contributed by atoms with Crippen LogP contribution in [0.2, 0.25) is 0 Å². The molecule has 1 heterocycles. The van der Waals surface area contributed by atoms with Crippen LogP contribution in [0.1, 0.15) is 5.56 Å². The Hall–Kier alpha value is -1.94. The van der Waals surface area contributed by atoms with Gasteiger partial charge >= 0.3 is 0 Å². The molecule has 0 amide bonds. The quantitative estimate of drug-likeness (QED) is 0.675. The zero-order valence-corrected chi connectivity index (χ0v) is 8.93. The van der Waals surface area contributed by atoms with Crippen LogP contribution in [0.15, 0.2) is 36.7 Å². The van der Waals surface area contributed by atoms with Crippen LogP contribution in [0.5, 0.6) is 0 Å². The fourth-order valence-corrected chi connectivity index (χ4v) is 1.66. The summed E-state index contributed by atoms with van der Waals surface area (Å²) in [7, 11) is 0. The van der Waals surface area contributed by atoms with E-state index in [1.54, 1.807) is 0 Å². The molecule has 0 saturated carbocycles. The van der Waals surface area contributed by atoms with Crippen molar-refractivity contribution in [1.82, 2.24) is 4.57 Å². The molecule has 0 fully saturated rings. The summed E-state index contributed by atoms with van der Waals surface area (Å²) in [6.45, 7) is 0.0987. The number of rotatable bonds is 3. The number of nitrogen functional groups attached to an aromatic ring is 2. The van der Waals surface area contributed by atoms with Gasteiger partial charge in [-0.05, 0) is 36.2 Å². The maximum absolute atomic E-state index is 8.93. The van der Waals surface area contributed by atoms with Crippen molar-refractivity contribution in [3.05, 3.63) is 42.2 Å². The molecule has 0 unspecified atom stereocenters. The van der Waals surface area contributed by atoms with E-state index in [2.05, 4.69) is 0 Å². The van der Waals surface area contributed by atoms with Crippen LogP contribution >= 0.6 is 0 Å². The van der Waals surface area contributed by atoms with Gasteiger partial charge in [0.15, 0.2) is 0 Å². The molecule has 0 aliphatic carbocycles. The molecular weight excluding hydrogens is 202 g/mol. The maximum atomic E-state index is 8.93. The second-order valence-corrected chi connectivity index (χ2v) is 3.71. The highest BCUT2D eigenvalue weighted by Crippen LogP contribution is 2.19. The first-order valence-corrected chi connectivity index (χ1v) is 5.14. The van der Waals surface area contributed by atoms with Crippen molar-refractivity contribution >= 4 is 11.4 Å². The third kappa shape index (κ3) is 2.01. The minimum Gasteiger partial charge on any atom is -0.399 e. The second kappa shape index (κ2) is 4.28. The van der Waals surface area contributed by atoms with E-state index in [1.165, 1.54) is 0 Å². The van der Waals surface area contributed by atoms with Gasteiger partial charge < -0.3 is 21.1 Å². The first kappa shape index (κ1) is 10.6. The van der Waals surface area contributed by atoms with Gasteiger partial charge in [0.05, 0.1) is 0 Å². The Bertz CT molecular complexity index is 491. The minimum atomic E-state index is 0.0987. The van der Waals surface area contributed by atoms with E-state index in [0.717, 1.165) is 16.9 Å². The number of hydrogen-bond donors (Lipinski definition) is 3. The highest BCUT2D eigenvalue weighted by molar-refractivity contribution is 5.54. The van der Waals surface area contributed by atoms with E-state index in [1.807, 2.05) is 41.2 Å². The van der Waals surface area contributed by atoms with E-state index in [0.29, 0.717) is 12.1 Å². The van der Waals surface area contributed by atoms with Crippen molar-refractivity contribution in [2.45, 2.75) is 6.42 Å². The average Bonchev–Trinajstić information content (AvgIpc) is 2.69. The van der Waals surface area contributed by atoms with E-state index in [4.69, 9.17) is 16.6 Å². The Balaban J connectivity index is 2.39. The molecule has 4 nitrogen and oxygen atoms in total. The van der Waals surface area contributed by atoms with Crippen LogP contribution in [-0.4, -0.2) is 16.3 Å². The highest BCUT2D eigenvalue weighted by Gasteiger charge is 2.02. The van der Waals surface area contributed by atoms with E-state index in [-0.39, 0.29) is 6.61 Å². The van der Waals surface area contributed by atoms with Crippen LogP contribution in [-0.2, 0) is 6.42 Å². The summed E-state index contributed by atoms with van der Waals surface area (Å²) < 4.78 is 1.93. The Labute approximate surface area is 94.1 Å². The first-order chi connectivity index (χ1) is 7.70. The maximum Gasteiger partial charge on any atom is 0.0497 e. The number of hydrogen-bond acceptors (Lipinski definition) is 3. The van der Waals surface area contributed by atoms with Gasteiger partial charge in [-0.1, -0.05) is 0 Å². The molecule has 2 rings (SSSR count). The monoisotopic (exact) mass is 217 g/mol. The molecular formula is C12H15N3O. The largest absolute Gasteiger partial charge is 0.399 e. The van der Waals surface area contributed by atoms with Crippen molar-refractivity contribution in [1.29, 1.82) is 0 Å². The number of aromatic nitrogens is 1. The lowest BCUT2D eigenvalue weighted by atomic mass is 10.1. The van der Waals surface area contributed by atoms with Crippen molar-refractivity contribution in [3.63, 3.8) is 0 Å². The lowest BCUT2D eigenvalue weighted by Gasteiger charge is -2.08. The number of anilines is 2. The van der Waals surface area contributed by atoms with Crippen LogP contribution < -0.4 is 11.5 Å². The van der Waals surface area contributed by atoms with Crippen LogP contribution in [0, 0.1) is 0 Å². The summed E-state index contributed by atoms with van der Waals surface area (Å²) in [5.41, 5.74) is 14.8. The van der Waals surface area contributed by atoms with Crippen molar-refractivity contribution < 1.29 is 5.11 Å². The fraction of sp³-hybridized carbons (Fsp3) is 0.167. The molecule has 0 aliphatic rings. The molecule has 0 spiro atoms. The predicted molar refractivity (Wildman–Crippen MR) is 65.4 cm³/mol. The molecule has 0 saturated heterocycles. The lowest BCUT2D eigenvalue weighted by Crippen LogP contribution is -2.00. The fourth-order valence-electron chi connectivity index (χ4n) is 1.66. The predicted octanol–water partition coefficient (Wildman–Crippen LogP) is 1.18. The van der Waals surface area contributed by atoms with Crippen LogP contribution in [0.25, 0.3) is 5.69 Å².